The molecule has 0 bridgehead atoms. The second kappa shape index (κ2) is 5.31. The summed E-state index contributed by atoms with van der Waals surface area (Å²) in [5.41, 5.74) is -0.694. The van der Waals surface area contributed by atoms with Crippen LogP contribution in [0.3, 0.4) is 0 Å². The van der Waals surface area contributed by atoms with Gasteiger partial charge in [-0.25, -0.2) is 14.8 Å². The van der Waals surface area contributed by atoms with Gasteiger partial charge >= 0.3 is 5.97 Å². The molecule has 0 radical (unpaired) electrons. The van der Waals surface area contributed by atoms with E-state index in [0.29, 0.717) is 21.6 Å². The van der Waals surface area contributed by atoms with Gasteiger partial charge in [-0.15, -0.1) is 11.3 Å². The van der Waals surface area contributed by atoms with Gasteiger partial charge in [0.1, 0.15) is 27.5 Å². The highest BCUT2D eigenvalue weighted by molar-refractivity contribution is 7.20. The zero-order valence-electron chi connectivity index (χ0n) is 11.0. The van der Waals surface area contributed by atoms with Crippen molar-refractivity contribution in [3.05, 3.63) is 16.8 Å². The van der Waals surface area contributed by atoms with Gasteiger partial charge in [-0.1, -0.05) is 0 Å². The summed E-state index contributed by atoms with van der Waals surface area (Å²) in [6.07, 6.45) is 1.33. The lowest BCUT2D eigenvalue weighted by Gasteiger charge is -2.21. The van der Waals surface area contributed by atoms with Crippen molar-refractivity contribution in [3.8, 4) is 0 Å². The first-order valence-corrected chi connectivity index (χ1v) is 6.72. The summed E-state index contributed by atoms with van der Waals surface area (Å²) < 4.78 is 0. The van der Waals surface area contributed by atoms with Crippen molar-refractivity contribution in [2.75, 3.05) is 18.5 Å². The molecule has 2 aromatic rings. The molecule has 0 amide bonds. The molecule has 1 atom stereocenters. The Bertz CT molecular complexity index is 653. The van der Waals surface area contributed by atoms with E-state index in [-0.39, 0.29) is 11.4 Å². The van der Waals surface area contributed by atoms with E-state index in [0.717, 1.165) is 11.3 Å². The number of aliphatic hydroxyl groups is 2. The van der Waals surface area contributed by atoms with Crippen LogP contribution in [0.5, 0.6) is 0 Å². The molecule has 0 saturated heterocycles. The molecule has 20 heavy (non-hydrogen) atoms. The molecule has 0 saturated carbocycles. The number of carboxylic acid groups (broad SMARTS) is 1. The number of aromatic nitrogens is 2. The maximum Gasteiger partial charge on any atom is 0.346 e. The Morgan fingerprint density at radius 1 is 1.50 bits per heavy atom. The second-order valence-electron chi connectivity index (χ2n) is 4.77. The number of aryl methyl sites for hydroxylation is 1. The Labute approximate surface area is 118 Å². The number of aromatic carboxylic acids is 1. The molecule has 2 rings (SSSR count). The molecule has 8 heteroatoms. The Balaban J connectivity index is 2.42. The lowest BCUT2D eigenvalue weighted by atomic mass is 10.1. The van der Waals surface area contributed by atoms with Crippen molar-refractivity contribution in [1.82, 2.24) is 9.97 Å². The third-order valence-electron chi connectivity index (χ3n) is 2.90. The number of aliphatic hydroxyl groups excluding tert-OH is 1. The van der Waals surface area contributed by atoms with Gasteiger partial charge in [-0.2, -0.15) is 0 Å². The monoisotopic (exact) mass is 297 g/mol. The number of fused-ring (bicyclic) bond motifs is 1. The number of thiophene rings is 1. The summed E-state index contributed by atoms with van der Waals surface area (Å²) in [6, 6.07) is 0. The van der Waals surface area contributed by atoms with Crippen molar-refractivity contribution < 1.29 is 20.1 Å². The lowest BCUT2D eigenvalue weighted by molar-refractivity contribution is 0.0132. The van der Waals surface area contributed by atoms with Gasteiger partial charge in [0.05, 0.1) is 12.0 Å². The smallest absolute Gasteiger partial charge is 0.346 e. The van der Waals surface area contributed by atoms with Gasteiger partial charge in [0.2, 0.25) is 0 Å². The summed E-state index contributed by atoms with van der Waals surface area (Å²) in [6.45, 7) is 2.88. The SMILES string of the molecule is Cc1c(C(=O)O)sc2ncnc(NCC(C)(O)CO)c12. The standard InChI is InChI=1S/C12H15N3O4S/c1-6-7-9(13-3-12(2,19)4-16)14-5-15-10(7)20-8(6)11(17)18/h5,16,19H,3-4H2,1-2H3,(H,17,18)(H,13,14,15). The number of anilines is 1. The van der Waals surface area contributed by atoms with E-state index in [1.54, 1.807) is 6.92 Å². The van der Waals surface area contributed by atoms with Crippen LogP contribution >= 0.6 is 11.3 Å². The summed E-state index contributed by atoms with van der Waals surface area (Å²) in [5.74, 6) is -0.552. The summed E-state index contributed by atoms with van der Waals surface area (Å²) in [7, 11) is 0. The van der Waals surface area contributed by atoms with E-state index in [1.165, 1.54) is 13.3 Å². The lowest BCUT2D eigenvalue weighted by Crippen LogP contribution is -2.37. The molecule has 108 valence electrons. The largest absolute Gasteiger partial charge is 0.477 e. The first-order valence-electron chi connectivity index (χ1n) is 5.90. The van der Waals surface area contributed by atoms with Crippen molar-refractivity contribution in [3.63, 3.8) is 0 Å². The molecule has 2 heterocycles. The maximum absolute atomic E-state index is 11.1. The topological polar surface area (TPSA) is 116 Å². The maximum atomic E-state index is 11.1. The van der Waals surface area contributed by atoms with Gasteiger partial charge in [0.15, 0.2) is 0 Å². The second-order valence-corrected chi connectivity index (χ2v) is 5.77. The molecule has 0 spiro atoms. The normalized spacial score (nSPS) is 14.2. The number of carbonyl (C=O) groups is 1. The van der Waals surface area contributed by atoms with E-state index in [1.807, 2.05) is 0 Å². The van der Waals surface area contributed by atoms with Gasteiger partial charge in [-0.3, -0.25) is 0 Å². The van der Waals surface area contributed by atoms with Crippen LogP contribution in [0.15, 0.2) is 6.33 Å². The number of hydrogen-bond acceptors (Lipinski definition) is 7. The number of rotatable bonds is 5. The molecule has 4 N–H and O–H groups in total. The molecule has 7 nitrogen and oxygen atoms in total. The van der Waals surface area contributed by atoms with E-state index in [2.05, 4.69) is 15.3 Å². The predicted molar refractivity (Wildman–Crippen MR) is 75.3 cm³/mol. The average Bonchev–Trinajstić information content (AvgIpc) is 2.75. The summed E-state index contributed by atoms with van der Waals surface area (Å²) >= 11 is 1.08. The van der Waals surface area contributed by atoms with E-state index < -0.39 is 18.2 Å². The average molecular weight is 297 g/mol. The predicted octanol–water partition coefficient (Wildman–Crippen LogP) is 0.853. The molecular weight excluding hydrogens is 282 g/mol. The molecule has 0 fully saturated rings. The van der Waals surface area contributed by atoms with Crippen LogP contribution in [-0.2, 0) is 0 Å². The van der Waals surface area contributed by atoms with Gasteiger partial charge in [0.25, 0.3) is 0 Å². The molecule has 0 aliphatic rings. The molecule has 2 aromatic heterocycles. The van der Waals surface area contributed by atoms with Crippen molar-refractivity contribution in [2.24, 2.45) is 0 Å². The summed E-state index contributed by atoms with van der Waals surface area (Å²) in [4.78, 5) is 20.1. The van der Waals surface area contributed by atoms with Crippen molar-refractivity contribution in [1.29, 1.82) is 0 Å². The first-order chi connectivity index (χ1) is 9.35. The fourth-order valence-corrected chi connectivity index (χ4v) is 2.73. The van der Waals surface area contributed by atoms with Crippen LogP contribution < -0.4 is 5.32 Å². The van der Waals surface area contributed by atoms with E-state index in [9.17, 15) is 9.90 Å². The molecule has 0 aliphatic heterocycles. The number of carboxylic acids is 1. The van der Waals surface area contributed by atoms with Gasteiger partial charge in [0, 0.05) is 6.54 Å². The fourth-order valence-electron chi connectivity index (χ4n) is 1.74. The van der Waals surface area contributed by atoms with Crippen LogP contribution in [-0.4, -0.2) is 50.0 Å². The highest BCUT2D eigenvalue weighted by atomic mass is 32.1. The highest BCUT2D eigenvalue weighted by Crippen LogP contribution is 2.33. The quantitative estimate of drug-likeness (QED) is 0.646. The third-order valence-corrected chi connectivity index (χ3v) is 4.09. The first kappa shape index (κ1) is 14.6. The molecular formula is C12H15N3O4S. The zero-order valence-corrected chi connectivity index (χ0v) is 11.9. The minimum atomic E-state index is -1.28. The Kier molecular flexibility index (Phi) is 3.89. The molecule has 1 unspecified atom stereocenters. The fraction of sp³-hybridized carbons (Fsp3) is 0.417. The van der Waals surface area contributed by atoms with Gasteiger partial charge in [-0.05, 0) is 19.4 Å². The number of hydrogen-bond donors (Lipinski definition) is 4. The Morgan fingerprint density at radius 3 is 2.80 bits per heavy atom. The number of nitrogens with zero attached hydrogens (tertiary/aromatic N) is 2. The third kappa shape index (κ3) is 2.72. The Morgan fingerprint density at radius 2 is 2.20 bits per heavy atom. The van der Waals surface area contributed by atoms with Crippen LogP contribution in [0.4, 0.5) is 5.82 Å². The number of nitrogens with one attached hydrogen (secondary N) is 1. The minimum Gasteiger partial charge on any atom is -0.477 e. The van der Waals surface area contributed by atoms with Crippen LogP contribution in [0.1, 0.15) is 22.2 Å². The summed E-state index contributed by atoms with van der Waals surface area (Å²) in [5, 5.41) is 31.5. The van der Waals surface area contributed by atoms with E-state index in [4.69, 9.17) is 10.2 Å². The highest BCUT2D eigenvalue weighted by Gasteiger charge is 2.22. The van der Waals surface area contributed by atoms with Crippen molar-refractivity contribution in [2.45, 2.75) is 19.4 Å². The van der Waals surface area contributed by atoms with Gasteiger partial charge < -0.3 is 20.6 Å². The van der Waals surface area contributed by atoms with Crippen LogP contribution in [0.25, 0.3) is 10.2 Å². The van der Waals surface area contributed by atoms with Crippen LogP contribution in [0, 0.1) is 6.92 Å². The molecule has 0 aromatic carbocycles. The zero-order chi connectivity index (χ0) is 14.9. The van der Waals surface area contributed by atoms with Crippen molar-refractivity contribution >= 4 is 33.3 Å². The molecule has 0 aliphatic carbocycles. The minimum absolute atomic E-state index is 0.0906. The van der Waals surface area contributed by atoms with Crippen LogP contribution in [0.2, 0.25) is 0 Å². The van der Waals surface area contributed by atoms with E-state index >= 15 is 0 Å². The Hall–Kier alpha value is -1.77.